The molecule has 0 fully saturated rings. The molecule has 0 aliphatic carbocycles. The topological polar surface area (TPSA) is 41.6 Å². The lowest BCUT2D eigenvalue weighted by Crippen LogP contribution is -1.95. The van der Waals surface area contributed by atoms with Gasteiger partial charge < -0.3 is 4.98 Å². The van der Waals surface area contributed by atoms with Gasteiger partial charge in [0.05, 0.1) is 0 Å². The fourth-order valence-electron chi connectivity index (χ4n) is 1.38. The first-order valence-corrected chi connectivity index (χ1v) is 6.10. The average Bonchev–Trinajstić information content (AvgIpc) is 2.28. The number of hydrogen-bond donors (Lipinski definition) is 1. The number of H-pyrrole nitrogens is 1. The van der Waals surface area contributed by atoms with Crippen LogP contribution in [-0.2, 0) is 6.42 Å². The van der Waals surface area contributed by atoms with Crippen LogP contribution in [0.1, 0.15) is 12.6 Å². The zero-order valence-electron chi connectivity index (χ0n) is 8.70. The van der Waals surface area contributed by atoms with Crippen LogP contribution in [0.4, 0.5) is 0 Å². The lowest BCUT2D eigenvalue weighted by atomic mass is 10.2. The van der Waals surface area contributed by atoms with E-state index in [0.29, 0.717) is 4.64 Å². The first-order chi connectivity index (χ1) is 7.69. The molecule has 0 bridgehead atoms. The van der Waals surface area contributed by atoms with E-state index in [1.807, 2.05) is 12.1 Å². The van der Waals surface area contributed by atoms with Crippen LogP contribution in [0.3, 0.4) is 0 Å². The van der Waals surface area contributed by atoms with Crippen molar-refractivity contribution in [2.24, 2.45) is 0 Å². The summed E-state index contributed by atoms with van der Waals surface area (Å²) in [5.41, 5.74) is 2.01. The number of aromatic amines is 1. The van der Waals surface area contributed by atoms with Crippen LogP contribution in [0.2, 0.25) is 0 Å². The Morgan fingerprint density at radius 3 is 2.88 bits per heavy atom. The standard InChI is InChI=1S/C11H10BrN3S/c1-2-9-4-10(16)15-11(14-9)7-3-8(12)6-13-5-7/h3-6H,2H2,1H3,(H,14,15,16). The van der Waals surface area contributed by atoms with E-state index in [-0.39, 0.29) is 0 Å². The minimum Gasteiger partial charge on any atom is -0.343 e. The number of aromatic nitrogens is 3. The Morgan fingerprint density at radius 2 is 2.19 bits per heavy atom. The van der Waals surface area contributed by atoms with Crippen molar-refractivity contribution in [3.63, 3.8) is 0 Å². The monoisotopic (exact) mass is 295 g/mol. The summed E-state index contributed by atoms with van der Waals surface area (Å²) in [6.45, 7) is 2.07. The van der Waals surface area contributed by atoms with Crippen molar-refractivity contribution in [2.75, 3.05) is 0 Å². The van der Waals surface area contributed by atoms with Crippen LogP contribution < -0.4 is 0 Å². The second kappa shape index (κ2) is 4.84. The Bertz CT molecular complexity index is 565. The molecule has 0 unspecified atom stereocenters. The van der Waals surface area contributed by atoms with Gasteiger partial charge in [-0.2, -0.15) is 0 Å². The molecule has 5 heteroatoms. The maximum atomic E-state index is 5.12. The molecule has 16 heavy (non-hydrogen) atoms. The van der Waals surface area contributed by atoms with Crippen molar-refractivity contribution in [3.8, 4) is 11.4 Å². The molecule has 2 rings (SSSR count). The molecular weight excluding hydrogens is 286 g/mol. The predicted molar refractivity (Wildman–Crippen MR) is 69.7 cm³/mol. The van der Waals surface area contributed by atoms with Crippen LogP contribution in [-0.4, -0.2) is 15.0 Å². The van der Waals surface area contributed by atoms with E-state index >= 15 is 0 Å². The summed E-state index contributed by atoms with van der Waals surface area (Å²) < 4.78 is 1.53. The molecule has 0 aliphatic heterocycles. The molecule has 1 N–H and O–H groups in total. The highest BCUT2D eigenvalue weighted by molar-refractivity contribution is 9.10. The lowest BCUT2D eigenvalue weighted by Gasteiger charge is -2.04. The maximum Gasteiger partial charge on any atom is 0.140 e. The van der Waals surface area contributed by atoms with Gasteiger partial charge in [-0.15, -0.1) is 0 Å². The van der Waals surface area contributed by atoms with Crippen molar-refractivity contribution in [3.05, 3.63) is 39.3 Å². The molecule has 0 saturated carbocycles. The molecule has 82 valence electrons. The van der Waals surface area contributed by atoms with Crippen molar-refractivity contribution < 1.29 is 0 Å². The van der Waals surface area contributed by atoms with Gasteiger partial charge in [0, 0.05) is 28.1 Å². The van der Waals surface area contributed by atoms with E-state index in [4.69, 9.17) is 12.2 Å². The number of nitrogens with one attached hydrogen (secondary N) is 1. The van der Waals surface area contributed by atoms with E-state index in [9.17, 15) is 0 Å². The van der Waals surface area contributed by atoms with E-state index < -0.39 is 0 Å². The van der Waals surface area contributed by atoms with Crippen molar-refractivity contribution in [2.45, 2.75) is 13.3 Å². The average molecular weight is 296 g/mol. The normalized spacial score (nSPS) is 10.4. The van der Waals surface area contributed by atoms with Gasteiger partial charge in [0.1, 0.15) is 10.5 Å². The Labute approximate surface area is 107 Å². The predicted octanol–water partition coefficient (Wildman–Crippen LogP) is 3.53. The van der Waals surface area contributed by atoms with Gasteiger partial charge >= 0.3 is 0 Å². The van der Waals surface area contributed by atoms with Crippen LogP contribution in [0.5, 0.6) is 0 Å². The van der Waals surface area contributed by atoms with E-state index in [2.05, 4.69) is 37.8 Å². The summed E-state index contributed by atoms with van der Waals surface area (Å²) in [6.07, 6.45) is 4.40. The first kappa shape index (κ1) is 11.4. The Morgan fingerprint density at radius 1 is 1.38 bits per heavy atom. The van der Waals surface area contributed by atoms with E-state index in [1.54, 1.807) is 12.4 Å². The third-order valence-electron chi connectivity index (χ3n) is 2.16. The third kappa shape index (κ3) is 2.54. The van der Waals surface area contributed by atoms with Crippen LogP contribution >= 0.6 is 28.1 Å². The highest BCUT2D eigenvalue weighted by Crippen LogP contribution is 2.18. The van der Waals surface area contributed by atoms with Gasteiger partial charge in [0.2, 0.25) is 0 Å². The molecule has 0 aliphatic rings. The minimum absolute atomic E-state index is 0.602. The molecular formula is C11H10BrN3S. The summed E-state index contributed by atoms with van der Waals surface area (Å²) in [4.78, 5) is 11.6. The molecule has 0 atom stereocenters. The molecule has 0 saturated heterocycles. The Hall–Kier alpha value is -1.07. The quantitative estimate of drug-likeness (QED) is 0.862. The fraction of sp³-hybridized carbons (Fsp3) is 0.182. The van der Waals surface area contributed by atoms with Crippen molar-refractivity contribution in [1.29, 1.82) is 0 Å². The number of nitrogens with zero attached hydrogens (tertiary/aromatic N) is 2. The summed E-state index contributed by atoms with van der Waals surface area (Å²) in [6, 6.07) is 3.84. The molecule has 2 heterocycles. The van der Waals surface area contributed by atoms with Crippen molar-refractivity contribution >= 4 is 28.1 Å². The largest absolute Gasteiger partial charge is 0.343 e. The molecule has 3 nitrogen and oxygen atoms in total. The van der Waals surface area contributed by atoms with Crippen LogP contribution in [0, 0.1) is 4.64 Å². The zero-order valence-corrected chi connectivity index (χ0v) is 11.1. The third-order valence-corrected chi connectivity index (χ3v) is 2.80. The van der Waals surface area contributed by atoms with Gasteiger partial charge in [0.15, 0.2) is 0 Å². The van der Waals surface area contributed by atoms with Crippen LogP contribution in [0.15, 0.2) is 29.0 Å². The van der Waals surface area contributed by atoms with Gasteiger partial charge in [0.25, 0.3) is 0 Å². The minimum atomic E-state index is 0.602. The van der Waals surface area contributed by atoms with Gasteiger partial charge in [-0.25, -0.2) is 4.98 Å². The fourth-order valence-corrected chi connectivity index (χ4v) is 1.97. The molecule has 0 radical (unpaired) electrons. The second-order valence-corrected chi connectivity index (χ2v) is 4.67. The van der Waals surface area contributed by atoms with Gasteiger partial charge in [-0.3, -0.25) is 4.98 Å². The second-order valence-electron chi connectivity index (χ2n) is 3.34. The number of hydrogen-bond acceptors (Lipinski definition) is 3. The van der Waals surface area contributed by atoms with E-state index in [0.717, 1.165) is 28.0 Å². The number of pyridine rings is 1. The van der Waals surface area contributed by atoms with Crippen LogP contribution in [0.25, 0.3) is 11.4 Å². The highest BCUT2D eigenvalue weighted by atomic mass is 79.9. The SMILES string of the molecule is CCc1cc(=S)nc(-c2cncc(Br)c2)[nH]1. The summed E-state index contributed by atoms with van der Waals surface area (Å²) in [5, 5.41) is 0. The van der Waals surface area contributed by atoms with Gasteiger partial charge in [-0.1, -0.05) is 19.1 Å². The molecule has 2 aromatic rings. The molecule has 0 spiro atoms. The first-order valence-electron chi connectivity index (χ1n) is 4.90. The summed E-state index contributed by atoms with van der Waals surface area (Å²) >= 11 is 8.51. The Kier molecular flexibility index (Phi) is 3.46. The summed E-state index contributed by atoms with van der Waals surface area (Å²) in [7, 11) is 0. The Balaban J connectivity index is 2.55. The molecule has 0 aromatic carbocycles. The summed E-state index contributed by atoms with van der Waals surface area (Å²) in [5.74, 6) is 0.762. The molecule has 0 amide bonds. The number of aryl methyl sites for hydroxylation is 1. The lowest BCUT2D eigenvalue weighted by molar-refractivity contribution is 0.997. The zero-order chi connectivity index (χ0) is 11.5. The van der Waals surface area contributed by atoms with Gasteiger partial charge in [-0.05, 0) is 34.5 Å². The number of halogens is 1. The van der Waals surface area contributed by atoms with E-state index in [1.165, 1.54) is 0 Å². The van der Waals surface area contributed by atoms with Crippen molar-refractivity contribution in [1.82, 2.24) is 15.0 Å². The molecule has 2 aromatic heterocycles. The number of rotatable bonds is 2. The highest BCUT2D eigenvalue weighted by Gasteiger charge is 2.02. The maximum absolute atomic E-state index is 5.12. The smallest absolute Gasteiger partial charge is 0.140 e.